The number of carbonyl (C=O) groups excluding carboxylic acids is 1. The minimum absolute atomic E-state index is 0.0202. The molecule has 0 N–H and O–H groups in total. The minimum atomic E-state index is -3.14. The minimum Gasteiger partial charge on any atom is -0.342 e. The van der Waals surface area contributed by atoms with Gasteiger partial charge in [-0.05, 0) is 42.7 Å². The zero-order valence-corrected chi connectivity index (χ0v) is 17.5. The summed E-state index contributed by atoms with van der Waals surface area (Å²) in [7, 11) is -3.14. The number of carbonyl (C=O) groups is 1. The van der Waals surface area contributed by atoms with Crippen LogP contribution in [0.3, 0.4) is 0 Å². The monoisotopic (exact) mass is 429 g/mol. The maximum Gasteiger partial charge on any atom is 0.238 e. The first-order valence-corrected chi connectivity index (χ1v) is 11.9. The molecule has 0 radical (unpaired) electrons. The molecule has 29 heavy (non-hydrogen) atoms. The number of fused-ring (bicyclic) bond motifs is 3. The van der Waals surface area contributed by atoms with Crippen LogP contribution in [0.15, 0.2) is 42.7 Å². The van der Waals surface area contributed by atoms with Gasteiger partial charge in [0.2, 0.25) is 5.91 Å². The van der Waals surface area contributed by atoms with E-state index in [4.69, 9.17) is 11.6 Å². The Morgan fingerprint density at radius 2 is 2.03 bits per heavy atom. The van der Waals surface area contributed by atoms with Gasteiger partial charge in [-0.15, -0.1) is 0 Å². The molecule has 0 saturated heterocycles. The highest BCUT2D eigenvalue weighted by molar-refractivity contribution is 7.90. The summed E-state index contributed by atoms with van der Waals surface area (Å²) in [6, 6.07) is 9.49. The number of rotatable bonds is 5. The first kappa shape index (κ1) is 18.6. The third-order valence-electron chi connectivity index (χ3n) is 6.00. The summed E-state index contributed by atoms with van der Waals surface area (Å²) < 4.78 is 25.5. The molecule has 1 aliphatic carbocycles. The highest BCUT2D eigenvalue weighted by Gasteiger charge is 2.59. The van der Waals surface area contributed by atoms with E-state index in [0.29, 0.717) is 18.1 Å². The lowest BCUT2D eigenvalue weighted by molar-refractivity contribution is -0.120. The Labute approximate surface area is 174 Å². The SMILES string of the molecule is CS(=O)(=O)CCn1c(CN2C(=O)C3(CC3)c3ccncc32)cc2c(Cl)cccc21. The number of aromatic nitrogens is 2. The Balaban J connectivity index is 1.59. The van der Waals surface area contributed by atoms with E-state index in [1.54, 1.807) is 17.3 Å². The summed E-state index contributed by atoms with van der Waals surface area (Å²) >= 11 is 6.39. The van der Waals surface area contributed by atoms with Gasteiger partial charge in [0.05, 0.1) is 29.6 Å². The van der Waals surface area contributed by atoms with Crippen LogP contribution in [0.1, 0.15) is 24.1 Å². The van der Waals surface area contributed by atoms with Gasteiger partial charge in [-0.2, -0.15) is 0 Å². The van der Waals surface area contributed by atoms with E-state index in [9.17, 15) is 13.2 Å². The molecule has 5 rings (SSSR count). The molecular formula is C21H20ClN3O3S. The van der Waals surface area contributed by atoms with Crippen molar-refractivity contribution in [3.8, 4) is 0 Å². The molecule has 1 aromatic carbocycles. The maximum absolute atomic E-state index is 13.2. The number of benzene rings is 1. The molecule has 1 fully saturated rings. The molecule has 150 valence electrons. The van der Waals surface area contributed by atoms with Crippen molar-refractivity contribution in [2.45, 2.75) is 31.3 Å². The molecule has 0 unspecified atom stereocenters. The summed E-state index contributed by atoms with van der Waals surface area (Å²) in [5, 5.41) is 1.46. The van der Waals surface area contributed by atoms with E-state index in [0.717, 1.165) is 40.7 Å². The predicted molar refractivity (Wildman–Crippen MR) is 113 cm³/mol. The zero-order valence-electron chi connectivity index (χ0n) is 15.9. The molecule has 0 bridgehead atoms. The normalized spacial score (nSPS) is 17.3. The zero-order chi connectivity index (χ0) is 20.4. The average Bonchev–Trinajstić information content (AvgIpc) is 3.35. The summed E-state index contributed by atoms with van der Waals surface area (Å²) in [5.74, 6) is 0.123. The maximum atomic E-state index is 13.2. The molecule has 1 aliphatic heterocycles. The first-order chi connectivity index (χ1) is 13.8. The van der Waals surface area contributed by atoms with Crippen LogP contribution in [0.5, 0.6) is 0 Å². The second-order valence-corrected chi connectivity index (χ2v) is 10.6. The van der Waals surface area contributed by atoms with Gasteiger partial charge >= 0.3 is 0 Å². The Morgan fingerprint density at radius 3 is 2.76 bits per heavy atom. The average molecular weight is 430 g/mol. The predicted octanol–water partition coefficient (Wildman–Crippen LogP) is 3.31. The summed E-state index contributed by atoms with van der Waals surface area (Å²) in [6.07, 6.45) is 6.44. The third kappa shape index (κ3) is 2.95. The number of anilines is 1. The van der Waals surface area contributed by atoms with Crippen molar-refractivity contribution in [2.75, 3.05) is 16.9 Å². The van der Waals surface area contributed by atoms with Gasteiger partial charge in [0.25, 0.3) is 0 Å². The molecule has 1 saturated carbocycles. The highest BCUT2D eigenvalue weighted by atomic mass is 35.5. The fourth-order valence-corrected chi connectivity index (χ4v) is 5.11. The topological polar surface area (TPSA) is 72.3 Å². The van der Waals surface area contributed by atoms with E-state index >= 15 is 0 Å². The highest BCUT2D eigenvalue weighted by Crippen LogP contribution is 2.57. The van der Waals surface area contributed by atoms with Crippen molar-refractivity contribution in [1.29, 1.82) is 0 Å². The van der Waals surface area contributed by atoms with Crippen molar-refractivity contribution >= 4 is 43.9 Å². The molecule has 1 amide bonds. The fourth-order valence-electron chi connectivity index (χ4n) is 4.37. The molecule has 1 spiro atoms. The van der Waals surface area contributed by atoms with Gasteiger partial charge in [-0.1, -0.05) is 17.7 Å². The molecule has 0 atom stereocenters. The second-order valence-electron chi connectivity index (χ2n) is 7.96. The molecule has 6 nitrogen and oxygen atoms in total. The fraction of sp³-hybridized carbons (Fsp3) is 0.333. The van der Waals surface area contributed by atoms with E-state index in [2.05, 4.69) is 4.98 Å². The third-order valence-corrected chi connectivity index (χ3v) is 7.25. The Hall–Kier alpha value is -2.38. The van der Waals surface area contributed by atoms with Gasteiger partial charge in [0, 0.05) is 40.6 Å². The van der Waals surface area contributed by atoms with Crippen LogP contribution < -0.4 is 4.90 Å². The van der Waals surface area contributed by atoms with Gasteiger partial charge < -0.3 is 9.47 Å². The van der Waals surface area contributed by atoms with Crippen LogP contribution in [-0.4, -0.2) is 35.9 Å². The van der Waals surface area contributed by atoms with Crippen molar-refractivity contribution in [3.63, 3.8) is 0 Å². The van der Waals surface area contributed by atoms with Gasteiger partial charge in [0.15, 0.2) is 0 Å². The summed E-state index contributed by atoms with van der Waals surface area (Å²) in [6.45, 7) is 0.666. The Kier molecular flexibility index (Phi) is 4.05. The van der Waals surface area contributed by atoms with Crippen LogP contribution in [0.2, 0.25) is 5.02 Å². The largest absolute Gasteiger partial charge is 0.342 e. The van der Waals surface area contributed by atoms with Gasteiger partial charge in [-0.25, -0.2) is 8.42 Å². The molecule has 2 aromatic heterocycles. The Bertz CT molecular complexity index is 1260. The van der Waals surface area contributed by atoms with E-state index in [1.165, 1.54) is 6.26 Å². The summed E-state index contributed by atoms with van der Waals surface area (Å²) in [4.78, 5) is 19.2. The standard InChI is InChI=1S/C21H20ClN3O3S/c1-29(27,28)10-9-24-14(11-15-17(22)3-2-4-18(15)24)13-25-19-12-23-8-5-16(19)21(6-7-21)20(25)26/h2-5,8,11-12H,6-7,9-10,13H2,1H3. The van der Waals surface area contributed by atoms with Crippen molar-refractivity contribution in [1.82, 2.24) is 9.55 Å². The lowest BCUT2D eigenvalue weighted by Gasteiger charge is -2.19. The number of nitrogens with zero attached hydrogens (tertiary/aromatic N) is 3. The quantitative estimate of drug-likeness (QED) is 0.623. The van der Waals surface area contributed by atoms with Gasteiger partial charge in [-0.3, -0.25) is 9.78 Å². The first-order valence-electron chi connectivity index (χ1n) is 9.51. The molecule has 3 aromatic rings. The molecular weight excluding hydrogens is 410 g/mol. The van der Waals surface area contributed by atoms with Crippen LogP contribution in [0.25, 0.3) is 10.9 Å². The van der Waals surface area contributed by atoms with E-state index in [1.807, 2.05) is 34.9 Å². The van der Waals surface area contributed by atoms with Gasteiger partial charge in [0.1, 0.15) is 9.84 Å². The Morgan fingerprint density at radius 1 is 1.24 bits per heavy atom. The van der Waals surface area contributed by atoms with E-state index < -0.39 is 9.84 Å². The number of pyridine rings is 1. The van der Waals surface area contributed by atoms with Crippen LogP contribution >= 0.6 is 11.6 Å². The number of amides is 1. The smallest absolute Gasteiger partial charge is 0.238 e. The molecule has 8 heteroatoms. The number of hydrogen-bond donors (Lipinski definition) is 0. The number of halogens is 1. The van der Waals surface area contributed by atoms with Crippen molar-refractivity contribution < 1.29 is 13.2 Å². The molecule has 3 heterocycles. The number of aryl methyl sites for hydroxylation is 1. The lowest BCUT2D eigenvalue weighted by atomic mass is 9.99. The van der Waals surface area contributed by atoms with Crippen LogP contribution in [-0.2, 0) is 33.1 Å². The lowest BCUT2D eigenvalue weighted by Crippen LogP contribution is -2.32. The van der Waals surface area contributed by atoms with E-state index in [-0.39, 0.29) is 17.1 Å². The number of hydrogen-bond acceptors (Lipinski definition) is 4. The van der Waals surface area contributed by atoms with Crippen LogP contribution in [0.4, 0.5) is 5.69 Å². The second kappa shape index (κ2) is 6.31. The van der Waals surface area contributed by atoms with Crippen molar-refractivity contribution in [2.24, 2.45) is 0 Å². The molecule has 2 aliphatic rings. The van der Waals surface area contributed by atoms with Crippen molar-refractivity contribution in [3.05, 3.63) is 59.0 Å². The number of sulfone groups is 1. The van der Waals surface area contributed by atoms with Crippen LogP contribution in [0, 0.1) is 0 Å². The summed E-state index contributed by atoms with van der Waals surface area (Å²) in [5.41, 5.74) is 3.24.